The van der Waals surface area contributed by atoms with Crippen LogP contribution in [-0.4, -0.2) is 38.0 Å². The van der Waals surface area contributed by atoms with Gasteiger partial charge in [0.15, 0.2) is 11.5 Å². The van der Waals surface area contributed by atoms with Crippen molar-refractivity contribution in [1.82, 2.24) is 13.9 Å². The molecule has 1 aromatic heterocycles. The summed E-state index contributed by atoms with van der Waals surface area (Å²) in [5.41, 5.74) is -0.396. The van der Waals surface area contributed by atoms with Crippen molar-refractivity contribution in [2.24, 2.45) is 13.0 Å². The number of amides is 2. The van der Waals surface area contributed by atoms with Crippen LogP contribution in [0.4, 0.5) is 5.69 Å². The van der Waals surface area contributed by atoms with E-state index in [1.54, 1.807) is 36.4 Å². The first-order valence-corrected chi connectivity index (χ1v) is 14.7. The fraction of sp³-hybridized carbons (Fsp3) is 0.250. The number of anilines is 1. The minimum Gasteiger partial charge on any atom is -0.503 e. The number of aromatic nitrogens is 3. The summed E-state index contributed by atoms with van der Waals surface area (Å²) in [7, 11) is 2.80. The van der Waals surface area contributed by atoms with Crippen molar-refractivity contribution in [3.63, 3.8) is 0 Å². The van der Waals surface area contributed by atoms with Crippen molar-refractivity contribution in [1.29, 1.82) is 0 Å². The molecule has 3 aliphatic rings. The number of allylic oxidation sites excluding steroid dienone is 2. The second-order valence-electron chi connectivity index (χ2n) is 11.2. The summed E-state index contributed by atoms with van der Waals surface area (Å²) in [6.07, 6.45) is 1.93. The Balaban J connectivity index is 1.58. The molecule has 44 heavy (non-hydrogen) atoms. The maximum absolute atomic E-state index is 15.1. The smallest absolute Gasteiger partial charge is 0.347 e. The van der Waals surface area contributed by atoms with Gasteiger partial charge in [-0.2, -0.15) is 0 Å². The van der Waals surface area contributed by atoms with Crippen LogP contribution in [0.15, 0.2) is 88.0 Å². The van der Waals surface area contributed by atoms with Crippen molar-refractivity contribution in [2.45, 2.75) is 30.3 Å². The van der Waals surface area contributed by atoms with E-state index in [1.165, 1.54) is 28.4 Å². The quantitative estimate of drug-likeness (QED) is 0.267. The Morgan fingerprint density at radius 2 is 1.70 bits per heavy atom. The van der Waals surface area contributed by atoms with Crippen LogP contribution in [0.25, 0.3) is 0 Å². The average molecular weight is 633 g/mol. The lowest BCUT2D eigenvalue weighted by Gasteiger charge is -2.49. The molecule has 0 radical (unpaired) electrons. The fourth-order valence-corrected chi connectivity index (χ4v) is 7.81. The van der Waals surface area contributed by atoms with Gasteiger partial charge in [0.05, 0.1) is 41.7 Å². The van der Waals surface area contributed by atoms with E-state index in [0.29, 0.717) is 27.4 Å². The average Bonchev–Trinajstić information content (AvgIpc) is 3.39. The van der Waals surface area contributed by atoms with Crippen molar-refractivity contribution >= 4 is 40.7 Å². The molecule has 1 saturated carbocycles. The summed E-state index contributed by atoms with van der Waals surface area (Å²) in [5.74, 6) is -2.91. The highest BCUT2D eigenvalue weighted by Crippen LogP contribution is 2.63. The number of aromatic hydroxyl groups is 1. The number of phenols is 1. The van der Waals surface area contributed by atoms with Crippen LogP contribution >= 0.6 is 23.2 Å². The van der Waals surface area contributed by atoms with E-state index >= 15 is 4.79 Å². The van der Waals surface area contributed by atoms with Crippen LogP contribution in [0.1, 0.15) is 29.5 Å². The van der Waals surface area contributed by atoms with Gasteiger partial charge in [0, 0.05) is 18.0 Å². The van der Waals surface area contributed by atoms with E-state index in [0.717, 1.165) is 4.57 Å². The Morgan fingerprint density at radius 3 is 2.41 bits per heavy atom. The molecule has 224 valence electrons. The Labute approximate surface area is 260 Å². The van der Waals surface area contributed by atoms with Gasteiger partial charge < -0.3 is 9.84 Å². The summed E-state index contributed by atoms with van der Waals surface area (Å²) in [5, 5.41) is 11.0. The normalized spacial score (nSPS) is 24.0. The van der Waals surface area contributed by atoms with Gasteiger partial charge >= 0.3 is 11.4 Å². The lowest BCUT2D eigenvalue weighted by molar-refractivity contribution is -0.124. The third-order valence-corrected chi connectivity index (χ3v) is 9.75. The largest absolute Gasteiger partial charge is 0.503 e. The molecule has 1 saturated heterocycles. The number of methoxy groups -OCH3 is 1. The molecule has 2 amide bonds. The number of rotatable bonds is 4. The van der Waals surface area contributed by atoms with E-state index in [-0.39, 0.29) is 29.5 Å². The maximum Gasteiger partial charge on any atom is 0.347 e. The number of nitrogens with zero attached hydrogens (tertiary/aromatic N) is 4. The first-order chi connectivity index (χ1) is 21.1. The SMILES string of the molecule is COc1cc([C@H]2C3=CCn4c(=O)n(C)c(=O)n4[C@@H]3C[C@H]3C(=O)N(c4cccc(Cl)c4)C(=O)[C@@]23c2ccccc2)cc(Cl)c1O. The van der Waals surface area contributed by atoms with Gasteiger partial charge in [0.25, 0.3) is 0 Å². The highest BCUT2D eigenvalue weighted by molar-refractivity contribution is 6.33. The molecule has 0 unspecified atom stereocenters. The standard InChI is InChI=1S/C32H26Cl2N4O6/c1-35-30(42)36-12-11-21-24(38(36)31(35)43)16-22-28(40)37(20-10-6-9-19(33)15-20)29(41)32(22,18-7-4-3-5-8-18)26(21)17-13-23(34)27(39)25(14-17)44-2/h3-11,13-15,22,24,26,39H,12,16H2,1-2H3/t22-,24+,26-,32+/m0/s1. The monoisotopic (exact) mass is 632 g/mol. The Kier molecular flexibility index (Phi) is 6.42. The van der Waals surface area contributed by atoms with E-state index in [2.05, 4.69) is 0 Å². The number of ether oxygens (including phenoxy) is 1. The Morgan fingerprint density at radius 1 is 0.955 bits per heavy atom. The number of fused-ring (bicyclic) bond motifs is 4. The molecule has 4 atom stereocenters. The van der Waals surface area contributed by atoms with Crippen molar-refractivity contribution < 1.29 is 19.4 Å². The van der Waals surface area contributed by atoms with Crippen LogP contribution in [0.3, 0.4) is 0 Å². The number of imide groups is 1. The molecule has 2 aliphatic heterocycles. The number of hydrogen-bond donors (Lipinski definition) is 1. The summed E-state index contributed by atoms with van der Waals surface area (Å²) >= 11 is 12.9. The number of halogens is 2. The molecule has 7 rings (SSSR count). The van der Waals surface area contributed by atoms with Gasteiger partial charge in [-0.3, -0.25) is 9.59 Å². The molecular formula is C32H26Cl2N4O6. The first kappa shape index (κ1) is 28.2. The number of carbonyl (C=O) groups excluding carboxylic acids is 2. The van der Waals surface area contributed by atoms with Crippen LogP contribution < -0.4 is 21.0 Å². The third kappa shape index (κ3) is 3.67. The minimum atomic E-state index is -1.49. The van der Waals surface area contributed by atoms with Gasteiger partial charge in [-0.25, -0.2) is 28.4 Å². The number of benzene rings is 3. The molecule has 1 N–H and O–H groups in total. The minimum absolute atomic E-state index is 0.00472. The molecule has 0 bridgehead atoms. The van der Waals surface area contributed by atoms with Crippen molar-refractivity contribution in [3.05, 3.63) is 121 Å². The number of phenolic OH excluding ortho intramolecular Hbond substituents is 1. The van der Waals surface area contributed by atoms with E-state index in [1.807, 2.05) is 36.4 Å². The van der Waals surface area contributed by atoms with Crippen LogP contribution in [0.2, 0.25) is 10.0 Å². The zero-order valence-electron chi connectivity index (χ0n) is 23.6. The molecule has 12 heteroatoms. The summed E-state index contributed by atoms with van der Waals surface area (Å²) in [4.78, 5) is 57.3. The van der Waals surface area contributed by atoms with Gasteiger partial charge in [-0.15, -0.1) is 0 Å². The molecule has 1 aliphatic carbocycles. The third-order valence-electron chi connectivity index (χ3n) is 9.23. The zero-order chi connectivity index (χ0) is 31.1. The van der Waals surface area contributed by atoms with Crippen LogP contribution in [-0.2, 0) is 28.6 Å². The van der Waals surface area contributed by atoms with Gasteiger partial charge in [-0.05, 0) is 53.5 Å². The van der Waals surface area contributed by atoms with Crippen LogP contribution in [0.5, 0.6) is 11.5 Å². The highest BCUT2D eigenvalue weighted by Gasteiger charge is 2.68. The number of hydrogen-bond acceptors (Lipinski definition) is 6. The van der Waals surface area contributed by atoms with E-state index < -0.39 is 46.5 Å². The summed E-state index contributed by atoms with van der Waals surface area (Å²) in [6, 6.07) is 18.1. The van der Waals surface area contributed by atoms with Gasteiger partial charge in [-0.1, -0.05) is 65.7 Å². The highest BCUT2D eigenvalue weighted by atomic mass is 35.5. The molecule has 4 aromatic rings. The summed E-state index contributed by atoms with van der Waals surface area (Å²) in [6.45, 7) is 0.0792. The van der Waals surface area contributed by atoms with Crippen LogP contribution in [0, 0.1) is 5.92 Å². The molecule has 10 nitrogen and oxygen atoms in total. The number of carbonyl (C=O) groups is 2. The van der Waals surface area contributed by atoms with Crippen molar-refractivity contribution in [2.75, 3.05) is 12.0 Å². The molecule has 2 fully saturated rings. The Bertz CT molecular complexity index is 2030. The topological polar surface area (TPSA) is 116 Å². The van der Waals surface area contributed by atoms with E-state index in [4.69, 9.17) is 27.9 Å². The molecule has 3 heterocycles. The van der Waals surface area contributed by atoms with Gasteiger partial charge in [0.1, 0.15) is 0 Å². The summed E-state index contributed by atoms with van der Waals surface area (Å²) < 4.78 is 9.23. The molecule has 3 aromatic carbocycles. The second-order valence-corrected chi connectivity index (χ2v) is 12.1. The van der Waals surface area contributed by atoms with Gasteiger partial charge in [0.2, 0.25) is 11.8 Å². The van der Waals surface area contributed by atoms with E-state index in [9.17, 15) is 19.5 Å². The lowest BCUT2D eigenvalue weighted by Crippen LogP contribution is -2.53. The first-order valence-electron chi connectivity index (χ1n) is 13.9. The lowest BCUT2D eigenvalue weighted by atomic mass is 9.53. The van der Waals surface area contributed by atoms with Crippen molar-refractivity contribution in [3.8, 4) is 11.5 Å². The Hall–Kier alpha value is -4.54. The predicted molar refractivity (Wildman–Crippen MR) is 164 cm³/mol. The predicted octanol–water partition coefficient (Wildman–Crippen LogP) is 4.17. The second kappa shape index (κ2) is 10.0. The maximum atomic E-state index is 15.1. The zero-order valence-corrected chi connectivity index (χ0v) is 25.1. The fourth-order valence-electron chi connectivity index (χ4n) is 7.41. The molecular weight excluding hydrogens is 607 g/mol. The molecule has 0 spiro atoms.